The van der Waals surface area contributed by atoms with Crippen molar-refractivity contribution in [3.63, 3.8) is 0 Å². The van der Waals surface area contributed by atoms with Crippen LogP contribution in [0.4, 0.5) is 4.79 Å². The Labute approximate surface area is 126 Å². The lowest BCUT2D eigenvalue weighted by molar-refractivity contribution is 0.208. The van der Waals surface area contributed by atoms with E-state index in [1.807, 2.05) is 30.3 Å². The first kappa shape index (κ1) is 15.8. The molecule has 1 aromatic carbocycles. The van der Waals surface area contributed by atoms with Gasteiger partial charge in [0.2, 0.25) is 0 Å². The van der Waals surface area contributed by atoms with Crippen LogP contribution in [0.2, 0.25) is 0 Å². The van der Waals surface area contributed by atoms with Crippen LogP contribution in [0, 0.1) is 5.92 Å². The molecule has 1 fully saturated rings. The molecule has 3 N–H and O–H groups in total. The maximum absolute atomic E-state index is 12.2. The van der Waals surface area contributed by atoms with E-state index < -0.39 is 0 Å². The van der Waals surface area contributed by atoms with Crippen molar-refractivity contribution in [3.05, 3.63) is 35.9 Å². The second-order valence-electron chi connectivity index (χ2n) is 5.93. The number of rotatable bonds is 7. The van der Waals surface area contributed by atoms with Crippen LogP contribution < -0.4 is 10.6 Å². The average molecular weight is 290 g/mol. The highest BCUT2D eigenvalue weighted by molar-refractivity contribution is 5.74. The van der Waals surface area contributed by atoms with Crippen molar-refractivity contribution in [1.29, 1.82) is 0 Å². The Hall–Kier alpha value is -1.55. The smallest absolute Gasteiger partial charge is 0.315 e. The van der Waals surface area contributed by atoms with Gasteiger partial charge in [0.25, 0.3) is 0 Å². The number of aliphatic hydroxyl groups is 1. The monoisotopic (exact) mass is 290 g/mol. The zero-order valence-electron chi connectivity index (χ0n) is 12.7. The summed E-state index contributed by atoms with van der Waals surface area (Å²) in [5.41, 5.74) is 1.08. The largest absolute Gasteiger partial charge is 0.396 e. The first-order chi connectivity index (χ1) is 10.2. The molecule has 0 spiro atoms. The number of benzene rings is 1. The Morgan fingerprint density at radius 1 is 1.29 bits per heavy atom. The predicted molar refractivity (Wildman–Crippen MR) is 84.0 cm³/mol. The zero-order valence-corrected chi connectivity index (χ0v) is 12.7. The SMILES string of the molecule is CC(NC(=O)NC(CCCO)c1ccccc1)C1CCC1. The van der Waals surface area contributed by atoms with Crippen molar-refractivity contribution in [1.82, 2.24) is 10.6 Å². The lowest BCUT2D eigenvalue weighted by Gasteiger charge is -2.32. The normalized spacial score (nSPS) is 17.6. The fourth-order valence-corrected chi connectivity index (χ4v) is 2.77. The van der Waals surface area contributed by atoms with Gasteiger partial charge in [-0.15, -0.1) is 0 Å². The van der Waals surface area contributed by atoms with Crippen LogP contribution in [-0.4, -0.2) is 23.8 Å². The maximum atomic E-state index is 12.2. The zero-order chi connectivity index (χ0) is 15.1. The van der Waals surface area contributed by atoms with E-state index in [0.29, 0.717) is 12.3 Å². The maximum Gasteiger partial charge on any atom is 0.315 e. The summed E-state index contributed by atoms with van der Waals surface area (Å²) in [5, 5.41) is 15.1. The van der Waals surface area contributed by atoms with E-state index in [9.17, 15) is 4.79 Å². The van der Waals surface area contributed by atoms with E-state index in [2.05, 4.69) is 17.6 Å². The van der Waals surface area contributed by atoms with Crippen LogP contribution in [0.1, 0.15) is 50.6 Å². The van der Waals surface area contributed by atoms with Gasteiger partial charge in [0.15, 0.2) is 0 Å². The average Bonchev–Trinajstić information content (AvgIpc) is 2.42. The van der Waals surface area contributed by atoms with E-state index in [1.54, 1.807) is 0 Å². The first-order valence-corrected chi connectivity index (χ1v) is 7.93. The van der Waals surface area contributed by atoms with Gasteiger partial charge in [0, 0.05) is 12.6 Å². The van der Waals surface area contributed by atoms with Gasteiger partial charge in [0.1, 0.15) is 0 Å². The van der Waals surface area contributed by atoms with E-state index in [0.717, 1.165) is 12.0 Å². The molecule has 4 nitrogen and oxygen atoms in total. The van der Waals surface area contributed by atoms with Crippen molar-refractivity contribution < 1.29 is 9.90 Å². The number of urea groups is 1. The standard InChI is InChI=1S/C17H26N2O2/c1-13(14-9-5-10-14)18-17(21)19-16(11-6-12-20)15-7-3-2-4-8-15/h2-4,7-8,13-14,16,20H,5-6,9-12H2,1H3,(H2,18,19,21). The Morgan fingerprint density at radius 3 is 2.57 bits per heavy atom. The number of nitrogens with one attached hydrogen (secondary N) is 2. The molecule has 0 bridgehead atoms. The molecule has 2 rings (SSSR count). The molecule has 0 heterocycles. The molecule has 0 aliphatic heterocycles. The molecule has 0 aromatic heterocycles. The summed E-state index contributed by atoms with van der Waals surface area (Å²) < 4.78 is 0. The molecule has 1 aliphatic rings. The molecule has 0 saturated heterocycles. The lowest BCUT2D eigenvalue weighted by atomic mass is 9.80. The van der Waals surface area contributed by atoms with Crippen LogP contribution in [0.15, 0.2) is 30.3 Å². The topological polar surface area (TPSA) is 61.4 Å². The van der Waals surface area contributed by atoms with Gasteiger partial charge < -0.3 is 15.7 Å². The summed E-state index contributed by atoms with van der Waals surface area (Å²) in [6, 6.07) is 10.00. The Balaban J connectivity index is 1.89. The molecule has 1 aliphatic carbocycles. The van der Waals surface area contributed by atoms with Crippen molar-refractivity contribution in [2.24, 2.45) is 5.92 Å². The molecule has 116 valence electrons. The van der Waals surface area contributed by atoms with Gasteiger partial charge in [-0.3, -0.25) is 0 Å². The Kier molecular flexibility index (Phi) is 6.05. The van der Waals surface area contributed by atoms with Gasteiger partial charge in [0.05, 0.1) is 6.04 Å². The van der Waals surface area contributed by atoms with E-state index in [4.69, 9.17) is 5.11 Å². The third kappa shape index (κ3) is 4.74. The van der Waals surface area contributed by atoms with Gasteiger partial charge in [-0.1, -0.05) is 36.8 Å². The number of carbonyl (C=O) groups excluding carboxylic acids is 1. The molecular weight excluding hydrogens is 264 g/mol. The second kappa shape index (κ2) is 8.03. The fourth-order valence-electron chi connectivity index (χ4n) is 2.77. The highest BCUT2D eigenvalue weighted by atomic mass is 16.3. The highest BCUT2D eigenvalue weighted by Gasteiger charge is 2.25. The first-order valence-electron chi connectivity index (χ1n) is 7.93. The minimum atomic E-state index is -0.110. The molecule has 1 saturated carbocycles. The van der Waals surface area contributed by atoms with Gasteiger partial charge in [-0.25, -0.2) is 4.79 Å². The van der Waals surface area contributed by atoms with Crippen LogP contribution in [0.25, 0.3) is 0 Å². The molecule has 2 amide bonds. The fraction of sp³-hybridized carbons (Fsp3) is 0.588. The number of hydrogen-bond acceptors (Lipinski definition) is 2. The van der Waals surface area contributed by atoms with Gasteiger partial charge >= 0.3 is 6.03 Å². The summed E-state index contributed by atoms with van der Waals surface area (Å²) in [6.07, 6.45) is 5.13. The van der Waals surface area contributed by atoms with Crippen LogP contribution in [-0.2, 0) is 0 Å². The molecule has 1 aromatic rings. The summed E-state index contributed by atoms with van der Waals surface area (Å²) in [7, 11) is 0. The molecular formula is C17H26N2O2. The number of hydrogen-bond donors (Lipinski definition) is 3. The van der Waals surface area contributed by atoms with Crippen LogP contribution in [0.5, 0.6) is 0 Å². The summed E-state index contributed by atoms with van der Waals surface area (Å²) >= 11 is 0. The summed E-state index contributed by atoms with van der Waals surface area (Å²) in [6.45, 7) is 2.22. The summed E-state index contributed by atoms with van der Waals surface area (Å²) in [5.74, 6) is 0.628. The van der Waals surface area contributed by atoms with Gasteiger partial charge in [-0.2, -0.15) is 0 Å². The minimum Gasteiger partial charge on any atom is -0.396 e. The van der Waals surface area contributed by atoms with Crippen LogP contribution in [0.3, 0.4) is 0 Å². The number of aliphatic hydroxyl groups excluding tert-OH is 1. The van der Waals surface area contributed by atoms with E-state index in [1.165, 1.54) is 19.3 Å². The van der Waals surface area contributed by atoms with Crippen molar-refractivity contribution in [2.45, 2.75) is 51.1 Å². The third-order valence-electron chi connectivity index (χ3n) is 4.37. The lowest BCUT2D eigenvalue weighted by Crippen LogP contribution is -2.46. The molecule has 4 heteroatoms. The van der Waals surface area contributed by atoms with Crippen LogP contribution >= 0.6 is 0 Å². The Morgan fingerprint density at radius 2 is 2.00 bits per heavy atom. The van der Waals surface area contributed by atoms with Crippen molar-refractivity contribution in [2.75, 3.05) is 6.61 Å². The second-order valence-corrected chi connectivity index (χ2v) is 5.93. The minimum absolute atomic E-state index is 0.0491. The van der Waals surface area contributed by atoms with Crippen molar-refractivity contribution in [3.8, 4) is 0 Å². The molecule has 2 unspecified atom stereocenters. The highest BCUT2D eigenvalue weighted by Crippen LogP contribution is 2.29. The predicted octanol–water partition coefficient (Wildman–Crippen LogP) is 2.99. The van der Waals surface area contributed by atoms with E-state index >= 15 is 0 Å². The number of amides is 2. The molecule has 21 heavy (non-hydrogen) atoms. The molecule has 2 atom stereocenters. The van der Waals surface area contributed by atoms with Gasteiger partial charge in [-0.05, 0) is 44.1 Å². The third-order valence-corrected chi connectivity index (χ3v) is 4.37. The quantitative estimate of drug-likeness (QED) is 0.723. The Bertz CT molecular complexity index is 432. The molecule has 0 radical (unpaired) electrons. The number of carbonyl (C=O) groups is 1. The van der Waals surface area contributed by atoms with E-state index in [-0.39, 0.29) is 24.7 Å². The van der Waals surface area contributed by atoms with Crippen molar-refractivity contribution >= 4 is 6.03 Å². The summed E-state index contributed by atoms with van der Waals surface area (Å²) in [4.78, 5) is 12.2.